The van der Waals surface area contributed by atoms with Crippen molar-refractivity contribution in [3.63, 3.8) is 0 Å². The van der Waals surface area contributed by atoms with Crippen molar-refractivity contribution in [2.45, 2.75) is 0 Å². The molecule has 5 rings (SSSR count). The molecule has 1 aromatic heterocycles. The van der Waals surface area contributed by atoms with Crippen LogP contribution >= 0.6 is 0 Å². The second-order valence-corrected chi connectivity index (χ2v) is 8.44. The topological polar surface area (TPSA) is 32.3 Å². The summed E-state index contributed by atoms with van der Waals surface area (Å²) < 4.78 is 8.52. The van der Waals surface area contributed by atoms with Gasteiger partial charge in [-0.05, 0) is 47.0 Å². The summed E-state index contributed by atoms with van der Waals surface area (Å²) in [7, 11) is 8.19. The maximum Gasteiger partial charge on any atom is 0.203 e. The maximum absolute atomic E-state index is 6.42. The van der Waals surface area contributed by atoms with Crippen LogP contribution in [0.2, 0.25) is 0 Å². The zero-order valence-electron chi connectivity index (χ0n) is 18.8. The van der Waals surface area contributed by atoms with Gasteiger partial charge in [0.05, 0.1) is 6.07 Å². The minimum atomic E-state index is 0.882. The van der Waals surface area contributed by atoms with Crippen molar-refractivity contribution >= 4 is 16.7 Å². The normalized spacial score (nSPS) is 11.1. The third-order valence-corrected chi connectivity index (χ3v) is 5.91. The summed E-state index contributed by atoms with van der Waals surface area (Å²) >= 11 is 0. The quantitative estimate of drug-likeness (QED) is 0.291. The van der Waals surface area contributed by atoms with Crippen LogP contribution in [0.15, 0.2) is 89.6 Å². The minimum Gasteiger partial charge on any atom is -0.456 e. The lowest BCUT2D eigenvalue weighted by Gasteiger charge is -2.18. The Morgan fingerprint density at radius 2 is 1.44 bits per heavy atom. The van der Waals surface area contributed by atoms with E-state index in [1.807, 2.05) is 52.7 Å². The fraction of sp³-hybridized carbons (Fsp3) is 0.143. The zero-order chi connectivity index (χ0) is 22.2. The van der Waals surface area contributed by atoms with Gasteiger partial charge in [0, 0.05) is 60.8 Å². The van der Waals surface area contributed by atoms with Gasteiger partial charge in [-0.3, -0.25) is 4.98 Å². The number of pyridine rings is 1. The Balaban J connectivity index is 1.77. The second kappa shape index (κ2) is 7.97. The number of nitrogens with zero attached hydrogens (tertiary/aromatic N) is 3. The highest BCUT2D eigenvalue weighted by atomic mass is 16.3. The number of fused-ring (bicyclic) bond motifs is 2. The largest absolute Gasteiger partial charge is 0.456 e. The lowest BCUT2D eigenvalue weighted by atomic mass is 9.92. The molecule has 4 nitrogen and oxygen atoms in total. The highest BCUT2D eigenvalue weighted by Gasteiger charge is 2.18. The van der Waals surface area contributed by atoms with E-state index in [2.05, 4.69) is 75.1 Å². The molecular formula is C28H26N3O+. The van der Waals surface area contributed by atoms with Crippen molar-refractivity contribution < 1.29 is 4.42 Å². The molecule has 158 valence electrons. The number of hydrogen-bond donors (Lipinski definition) is 0. The van der Waals surface area contributed by atoms with E-state index in [1.165, 1.54) is 16.7 Å². The van der Waals surface area contributed by atoms with Crippen molar-refractivity contribution in [2.24, 2.45) is 0 Å². The minimum absolute atomic E-state index is 0.882. The average molecular weight is 421 g/mol. The van der Waals surface area contributed by atoms with Gasteiger partial charge >= 0.3 is 0 Å². The molecule has 1 aliphatic carbocycles. The van der Waals surface area contributed by atoms with Crippen LogP contribution in [0.1, 0.15) is 0 Å². The maximum atomic E-state index is 6.42. The van der Waals surface area contributed by atoms with Gasteiger partial charge < -0.3 is 9.32 Å². The molecule has 3 aromatic rings. The van der Waals surface area contributed by atoms with Gasteiger partial charge in [-0.2, -0.15) is 0 Å². The number of hydrogen-bond acceptors (Lipinski definition) is 3. The highest BCUT2D eigenvalue weighted by molar-refractivity contribution is 6.02. The summed E-state index contributed by atoms with van der Waals surface area (Å²) in [5.74, 6) is 0.882. The molecule has 2 aromatic carbocycles. The average Bonchev–Trinajstić information content (AvgIpc) is 2.82. The lowest BCUT2D eigenvalue weighted by Crippen LogP contribution is -2.21. The third kappa shape index (κ3) is 3.54. The first-order valence-electron chi connectivity index (χ1n) is 10.7. The molecular weight excluding hydrogens is 394 g/mol. The van der Waals surface area contributed by atoms with E-state index >= 15 is 0 Å². The van der Waals surface area contributed by atoms with Gasteiger partial charge in [0.25, 0.3) is 0 Å². The highest BCUT2D eigenvalue weighted by Crippen LogP contribution is 2.41. The van der Waals surface area contributed by atoms with Crippen molar-refractivity contribution in [2.75, 3.05) is 33.1 Å². The summed E-state index contributed by atoms with van der Waals surface area (Å²) in [6, 6.07) is 25.7. The van der Waals surface area contributed by atoms with Crippen LogP contribution in [0.4, 0.5) is 5.69 Å². The van der Waals surface area contributed by atoms with Gasteiger partial charge in [-0.1, -0.05) is 24.3 Å². The predicted octanol–water partition coefficient (Wildman–Crippen LogP) is 5.36. The molecule has 32 heavy (non-hydrogen) atoms. The first-order valence-corrected chi connectivity index (χ1v) is 10.7. The molecule has 2 aliphatic rings. The van der Waals surface area contributed by atoms with E-state index in [0.717, 1.165) is 38.9 Å². The van der Waals surface area contributed by atoms with E-state index in [4.69, 9.17) is 4.42 Å². The summed E-state index contributed by atoms with van der Waals surface area (Å²) in [5.41, 5.74) is 7.81. The summed E-state index contributed by atoms with van der Waals surface area (Å²) in [6.07, 6.45) is 3.65. The molecule has 2 heterocycles. The van der Waals surface area contributed by atoms with Crippen LogP contribution in [-0.2, 0) is 0 Å². The second-order valence-electron chi connectivity index (χ2n) is 8.44. The Morgan fingerprint density at radius 3 is 2.12 bits per heavy atom. The summed E-state index contributed by atoms with van der Waals surface area (Å²) in [4.78, 5) is 6.22. The lowest BCUT2D eigenvalue weighted by molar-refractivity contribution is 0.617. The van der Waals surface area contributed by atoms with E-state index in [0.29, 0.717) is 0 Å². The van der Waals surface area contributed by atoms with E-state index in [-0.39, 0.29) is 0 Å². The smallest absolute Gasteiger partial charge is 0.203 e. The van der Waals surface area contributed by atoms with E-state index in [1.54, 1.807) is 0 Å². The monoisotopic (exact) mass is 420 g/mol. The molecule has 0 amide bonds. The zero-order valence-corrected chi connectivity index (χ0v) is 18.8. The number of rotatable bonds is 3. The molecule has 0 spiro atoms. The molecule has 1 aliphatic heterocycles. The molecule has 0 atom stereocenters. The molecule has 0 saturated heterocycles. The van der Waals surface area contributed by atoms with Crippen molar-refractivity contribution in [1.82, 2.24) is 9.56 Å². The van der Waals surface area contributed by atoms with Crippen molar-refractivity contribution in [3.05, 3.63) is 90.5 Å². The Bertz CT molecular complexity index is 1440. The van der Waals surface area contributed by atoms with Crippen LogP contribution in [0.5, 0.6) is 0 Å². The van der Waals surface area contributed by atoms with Crippen molar-refractivity contribution in [1.29, 1.82) is 0 Å². The van der Waals surface area contributed by atoms with E-state index in [9.17, 15) is 0 Å². The standard InChI is InChI=1S/C28H26N3O/c1-30(2)22-9-11-24-26(17-22)32-27-18-23(31(3)4)10-12-25(27)28(24)21-7-5-19(6-8-21)20-13-15-29-16-14-20/h5-18H,1-4H3/q+1. The third-order valence-electron chi connectivity index (χ3n) is 5.91. The van der Waals surface area contributed by atoms with Crippen LogP contribution in [0.3, 0.4) is 0 Å². The van der Waals surface area contributed by atoms with Gasteiger partial charge in [0.15, 0.2) is 0 Å². The van der Waals surface area contributed by atoms with Crippen LogP contribution < -0.4 is 14.8 Å². The molecule has 0 radical (unpaired) electrons. The predicted molar refractivity (Wildman–Crippen MR) is 133 cm³/mol. The molecule has 0 unspecified atom stereocenters. The molecule has 0 fully saturated rings. The SMILES string of the molecule is CN(C)c1ccc2c(-c3ccc(-c4ccncc4)cc3)c3ccc(=[N+](C)C)cc-3oc2c1. The molecule has 0 N–H and O–H groups in total. The molecule has 0 saturated carbocycles. The fourth-order valence-electron chi connectivity index (χ4n) is 4.11. The number of benzene rings is 3. The van der Waals surface area contributed by atoms with Crippen molar-refractivity contribution in [3.8, 4) is 33.6 Å². The van der Waals surface area contributed by atoms with Crippen LogP contribution in [0, 0.1) is 0 Å². The number of aromatic nitrogens is 1. The Labute approximate surface area is 188 Å². The van der Waals surface area contributed by atoms with Gasteiger partial charge in [0.1, 0.15) is 25.4 Å². The van der Waals surface area contributed by atoms with Gasteiger partial charge in [-0.25, -0.2) is 4.58 Å². The fourth-order valence-corrected chi connectivity index (χ4v) is 4.11. The summed E-state index contributed by atoms with van der Waals surface area (Å²) in [5, 5.41) is 2.22. The first kappa shape index (κ1) is 20.0. The Kier molecular flexibility index (Phi) is 4.98. The first-order chi connectivity index (χ1) is 15.5. The molecule has 4 heteroatoms. The van der Waals surface area contributed by atoms with Gasteiger partial charge in [0.2, 0.25) is 5.36 Å². The van der Waals surface area contributed by atoms with Crippen LogP contribution in [-0.4, -0.2) is 33.2 Å². The Hall–Kier alpha value is -3.92. The number of anilines is 1. The Morgan fingerprint density at radius 1 is 0.750 bits per heavy atom. The van der Waals surface area contributed by atoms with Crippen LogP contribution in [0.25, 0.3) is 44.5 Å². The molecule has 0 bridgehead atoms. The van der Waals surface area contributed by atoms with E-state index < -0.39 is 0 Å². The van der Waals surface area contributed by atoms with Gasteiger partial charge in [-0.15, -0.1) is 0 Å². The summed E-state index contributed by atoms with van der Waals surface area (Å²) in [6.45, 7) is 0.